The van der Waals surface area contributed by atoms with Gasteiger partial charge in [0.05, 0.1) is 12.3 Å². The predicted octanol–water partition coefficient (Wildman–Crippen LogP) is 2.57. The third kappa shape index (κ3) is 4.61. The molecule has 0 saturated carbocycles. The van der Waals surface area contributed by atoms with E-state index >= 15 is 0 Å². The van der Waals surface area contributed by atoms with Gasteiger partial charge in [-0.3, -0.25) is 4.79 Å². The van der Waals surface area contributed by atoms with E-state index in [4.69, 9.17) is 4.74 Å². The van der Waals surface area contributed by atoms with E-state index in [9.17, 15) is 4.79 Å². The van der Waals surface area contributed by atoms with Crippen LogP contribution in [0.15, 0.2) is 28.6 Å². The van der Waals surface area contributed by atoms with Crippen LogP contribution in [0.25, 0.3) is 0 Å². The van der Waals surface area contributed by atoms with E-state index in [0.717, 1.165) is 34.6 Å². The summed E-state index contributed by atoms with van der Waals surface area (Å²) in [4.78, 5) is 12.0. The maximum absolute atomic E-state index is 12.0. The number of carbonyl (C=O) groups excluding carboxylic acids is 1. The topological polar surface area (TPSA) is 76.1 Å². The summed E-state index contributed by atoms with van der Waals surface area (Å²) in [6.07, 6.45) is 1.90. The highest BCUT2D eigenvalue weighted by atomic mass is 32.2. The quantitative estimate of drug-likeness (QED) is 0.701. The second-order valence-corrected chi connectivity index (χ2v) is 7.64. The summed E-state index contributed by atoms with van der Waals surface area (Å²) in [6, 6.07) is 7.99. The first kappa shape index (κ1) is 17.0. The lowest BCUT2D eigenvalue weighted by Crippen LogP contribution is -2.35. The van der Waals surface area contributed by atoms with E-state index in [1.54, 1.807) is 0 Å². The summed E-state index contributed by atoms with van der Waals surface area (Å²) in [5.74, 6) is 1.24. The minimum Gasteiger partial charge on any atom is -0.488 e. The van der Waals surface area contributed by atoms with Gasteiger partial charge < -0.3 is 15.4 Å². The third-order valence-electron chi connectivity index (χ3n) is 3.50. The van der Waals surface area contributed by atoms with Crippen LogP contribution in [-0.2, 0) is 11.2 Å². The van der Waals surface area contributed by atoms with Crippen LogP contribution in [-0.4, -0.2) is 41.1 Å². The number of aromatic nitrogens is 2. The molecule has 128 valence electrons. The molecule has 3 rings (SSSR count). The molecular weight excluding hydrogens is 344 g/mol. The average molecular weight is 364 g/mol. The molecular formula is C16H20N4O2S2. The highest BCUT2D eigenvalue weighted by Gasteiger charge is 2.22. The van der Waals surface area contributed by atoms with Crippen molar-refractivity contribution in [2.45, 2.75) is 30.2 Å². The zero-order chi connectivity index (χ0) is 16.8. The molecule has 2 heterocycles. The number of carbonyl (C=O) groups is 1. The van der Waals surface area contributed by atoms with Gasteiger partial charge in [-0.25, -0.2) is 0 Å². The molecule has 1 atom stereocenters. The fraction of sp³-hybridized carbons (Fsp3) is 0.438. The van der Waals surface area contributed by atoms with E-state index in [1.165, 1.54) is 28.7 Å². The van der Waals surface area contributed by atoms with Crippen molar-refractivity contribution in [3.05, 3.63) is 29.8 Å². The number of thioether (sulfide) groups is 1. The van der Waals surface area contributed by atoms with Crippen molar-refractivity contribution in [1.82, 2.24) is 15.5 Å². The molecule has 1 amide bonds. The molecule has 2 N–H and O–H groups in total. The van der Waals surface area contributed by atoms with E-state index in [0.29, 0.717) is 12.3 Å². The summed E-state index contributed by atoms with van der Waals surface area (Å²) in [6.45, 7) is 3.50. The molecule has 8 heteroatoms. The number of hydrogen-bond donors (Lipinski definition) is 2. The van der Waals surface area contributed by atoms with Gasteiger partial charge in [0.1, 0.15) is 11.9 Å². The second kappa shape index (κ2) is 8.34. The first-order valence-corrected chi connectivity index (χ1v) is 9.76. The number of fused-ring (bicyclic) bond motifs is 1. The Morgan fingerprint density at radius 3 is 3.12 bits per heavy atom. The van der Waals surface area contributed by atoms with Crippen molar-refractivity contribution in [2.75, 3.05) is 24.2 Å². The molecule has 0 fully saturated rings. The van der Waals surface area contributed by atoms with Gasteiger partial charge in [0.15, 0.2) is 4.34 Å². The molecule has 24 heavy (non-hydrogen) atoms. The van der Waals surface area contributed by atoms with E-state index in [1.807, 2.05) is 18.2 Å². The smallest absolute Gasteiger partial charge is 0.230 e. The molecule has 1 aliphatic rings. The first-order chi connectivity index (χ1) is 11.7. The molecule has 2 aromatic rings. The van der Waals surface area contributed by atoms with Gasteiger partial charge >= 0.3 is 0 Å². The summed E-state index contributed by atoms with van der Waals surface area (Å²) in [5.41, 5.74) is 1.20. The monoisotopic (exact) mass is 364 g/mol. The second-order valence-electron chi connectivity index (χ2n) is 5.44. The summed E-state index contributed by atoms with van der Waals surface area (Å²) in [7, 11) is 0. The van der Waals surface area contributed by atoms with Crippen LogP contribution in [0.3, 0.4) is 0 Å². The van der Waals surface area contributed by atoms with Crippen molar-refractivity contribution in [3.63, 3.8) is 0 Å². The Morgan fingerprint density at radius 2 is 2.29 bits per heavy atom. The Labute approximate surface area is 149 Å². The molecule has 1 unspecified atom stereocenters. The lowest BCUT2D eigenvalue weighted by Gasteiger charge is -2.11. The maximum Gasteiger partial charge on any atom is 0.230 e. The number of nitrogens with zero attached hydrogens (tertiary/aromatic N) is 2. The molecule has 0 spiro atoms. The van der Waals surface area contributed by atoms with E-state index in [2.05, 4.69) is 33.8 Å². The fourth-order valence-corrected chi connectivity index (χ4v) is 3.95. The normalized spacial score (nSPS) is 15.6. The summed E-state index contributed by atoms with van der Waals surface area (Å²) in [5, 5.41) is 15.0. The van der Waals surface area contributed by atoms with Gasteiger partial charge in [0.25, 0.3) is 0 Å². The fourth-order valence-electron chi connectivity index (χ4n) is 2.35. The van der Waals surface area contributed by atoms with E-state index < -0.39 is 0 Å². The van der Waals surface area contributed by atoms with Crippen molar-refractivity contribution in [3.8, 4) is 5.75 Å². The van der Waals surface area contributed by atoms with Crippen LogP contribution in [0, 0.1) is 0 Å². The van der Waals surface area contributed by atoms with Crippen molar-refractivity contribution >= 4 is 34.1 Å². The highest BCUT2D eigenvalue weighted by Crippen LogP contribution is 2.28. The van der Waals surface area contributed by atoms with Crippen LogP contribution >= 0.6 is 23.1 Å². The van der Waals surface area contributed by atoms with Crippen molar-refractivity contribution < 1.29 is 9.53 Å². The maximum atomic E-state index is 12.0. The minimum absolute atomic E-state index is 0.0159. The van der Waals surface area contributed by atoms with Gasteiger partial charge in [0, 0.05) is 13.0 Å². The average Bonchev–Trinajstić information content (AvgIpc) is 3.22. The van der Waals surface area contributed by atoms with Gasteiger partial charge in [-0.05, 0) is 18.1 Å². The SMILES string of the molecule is CCCNc1nnc(SCC(=O)NCC2Cc3ccccc3O2)s1. The lowest BCUT2D eigenvalue weighted by molar-refractivity contribution is -0.118. The standard InChI is InChI=1S/C16H20N4O2S2/c1-2-7-17-15-19-20-16(24-15)23-10-14(21)18-9-12-8-11-5-3-4-6-13(11)22-12/h3-6,12H,2,7-10H2,1H3,(H,17,19)(H,18,21). The number of nitrogens with one attached hydrogen (secondary N) is 2. The Bertz CT molecular complexity index is 667. The largest absolute Gasteiger partial charge is 0.488 e. The van der Waals surface area contributed by atoms with Crippen LogP contribution in [0.1, 0.15) is 18.9 Å². The van der Waals surface area contributed by atoms with Crippen LogP contribution in [0.5, 0.6) is 5.75 Å². The molecule has 0 saturated heterocycles. The first-order valence-electron chi connectivity index (χ1n) is 7.96. The predicted molar refractivity (Wildman–Crippen MR) is 97.0 cm³/mol. The number of anilines is 1. The zero-order valence-electron chi connectivity index (χ0n) is 13.4. The third-order valence-corrected chi connectivity index (χ3v) is 5.51. The van der Waals surface area contributed by atoms with Crippen molar-refractivity contribution in [2.24, 2.45) is 0 Å². The van der Waals surface area contributed by atoms with Gasteiger partial charge in [-0.15, -0.1) is 10.2 Å². The molecule has 1 aromatic carbocycles. The van der Waals surface area contributed by atoms with Crippen LogP contribution in [0.2, 0.25) is 0 Å². The Kier molecular flexibility index (Phi) is 5.92. The van der Waals surface area contributed by atoms with Gasteiger partial charge in [0.2, 0.25) is 11.0 Å². The zero-order valence-corrected chi connectivity index (χ0v) is 15.1. The summed E-state index contributed by atoms with van der Waals surface area (Å²) < 4.78 is 6.61. The Hall–Kier alpha value is -1.80. The number of rotatable bonds is 8. The van der Waals surface area contributed by atoms with Crippen molar-refractivity contribution in [1.29, 1.82) is 0 Å². The number of benzene rings is 1. The molecule has 1 aromatic heterocycles. The summed E-state index contributed by atoms with van der Waals surface area (Å²) >= 11 is 2.88. The molecule has 0 radical (unpaired) electrons. The Balaban J connectivity index is 1.37. The van der Waals surface area contributed by atoms with Crippen LogP contribution < -0.4 is 15.4 Å². The van der Waals surface area contributed by atoms with Gasteiger partial charge in [-0.1, -0.05) is 48.2 Å². The van der Waals surface area contributed by atoms with Crippen LogP contribution in [0.4, 0.5) is 5.13 Å². The number of para-hydroxylation sites is 1. The number of hydrogen-bond acceptors (Lipinski definition) is 7. The minimum atomic E-state index is -0.0159. The lowest BCUT2D eigenvalue weighted by atomic mass is 10.1. The highest BCUT2D eigenvalue weighted by molar-refractivity contribution is 8.01. The number of ether oxygens (including phenoxy) is 1. The molecule has 0 bridgehead atoms. The molecule has 1 aliphatic heterocycles. The van der Waals surface area contributed by atoms with Gasteiger partial charge in [-0.2, -0.15) is 0 Å². The molecule has 0 aliphatic carbocycles. The van der Waals surface area contributed by atoms with E-state index in [-0.39, 0.29) is 12.0 Å². The Morgan fingerprint density at radius 1 is 1.42 bits per heavy atom. The molecule has 6 nitrogen and oxygen atoms in total. The number of amides is 1.